The third-order valence-corrected chi connectivity index (χ3v) is 4.15. The molecule has 0 aromatic heterocycles. The highest BCUT2D eigenvalue weighted by atomic mass is 14.9. The van der Waals surface area contributed by atoms with Gasteiger partial charge >= 0.3 is 0 Å². The smallest absolute Gasteiger partial charge is 0.0104 e. The van der Waals surface area contributed by atoms with Gasteiger partial charge in [0.25, 0.3) is 0 Å². The molecule has 2 N–H and O–H groups in total. The van der Waals surface area contributed by atoms with Gasteiger partial charge in [-0.3, -0.25) is 0 Å². The Balaban J connectivity index is 2.10. The Morgan fingerprint density at radius 1 is 1.56 bits per heavy atom. The molecule has 0 saturated heterocycles. The van der Waals surface area contributed by atoms with Gasteiger partial charge in [0, 0.05) is 6.04 Å². The van der Waals surface area contributed by atoms with Crippen molar-refractivity contribution in [2.75, 3.05) is 0 Å². The van der Waals surface area contributed by atoms with E-state index in [0.29, 0.717) is 6.04 Å². The van der Waals surface area contributed by atoms with E-state index in [2.05, 4.69) is 6.92 Å². The van der Waals surface area contributed by atoms with Crippen LogP contribution in [0.2, 0.25) is 0 Å². The predicted molar refractivity (Wildman–Crippen MR) is 35.8 cm³/mol. The molecule has 4 rings (SSSR count). The number of hydrogen-bond acceptors (Lipinski definition) is 1. The minimum absolute atomic E-state index is 0.597. The van der Waals surface area contributed by atoms with Crippen LogP contribution in [0.3, 0.4) is 0 Å². The molecule has 0 heterocycles. The highest BCUT2D eigenvalue weighted by molar-refractivity contribution is 5.25. The van der Waals surface area contributed by atoms with Gasteiger partial charge < -0.3 is 5.73 Å². The third kappa shape index (κ3) is 0.295. The van der Waals surface area contributed by atoms with E-state index in [4.69, 9.17) is 5.73 Å². The van der Waals surface area contributed by atoms with E-state index in [9.17, 15) is 0 Å². The van der Waals surface area contributed by atoms with E-state index in [0.717, 1.165) is 23.2 Å². The van der Waals surface area contributed by atoms with Crippen molar-refractivity contribution in [3.63, 3.8) is 0 Å². The molecule has 0 aromatic carbocycles. The quantitative estimate of drug-likeness (QED) is 0.510. The number of hydrogen-bond donors (Lipinski definition) is 1. The Morgan fingerprint density at radius 3 is 2.44 bits per heavy atom. The summed E-state index contributed by atoms with van der Waals surface area (Å²) >= 11 is 0. The molecule has 4 fully saturated rings. The van der Waals surface area contributed by atoms with Crippen molar-refractivity contribution in [1.29, 1.82) is 0 Å². The molecule has 0 spiro atoms. The molecule has 4 saturated carbocycles. The van der Waals surface area contributed by atoms with Crippen LogP contribution in [0, 0.1) is 23.2 Å². The number of rotatable bonds is 0. The second-order valence-electron chi connectivity index (χ2n) is 4.42. The summed E-state index contributed by atoms with van der Waals surface area (Å²) in [6.45, 7) is 2.43. The zero-order valence-corrected chi connectivity index (χ0v) is 5.80. The summed E-state index contributed by atoms with van der Waals surface area (Å²) in [5, 5.41) is 0. The van der Waals surface area contributed by atoms with E-state index in [-0.39, 0.29) is 0 Å². The Labute approximate surface area is 55.6 Å². The van der Waals surface area contributed by atoms with Crippen LogP contribution in [0.25, 0.3) is 0 Å². The maximum absolute atomic E-state index is 5.99. The first-order valence-corrected chi connectivity index (χ1v) is 3.99. The summed E-state index contributed by atoms with van der Waals surface area (Å²) in [6, 6.07) is 0.597. The average molecular weight is 123 g/mol. The molecule has 0 amide bonds. The van der Waals surface area contributed by atoms with Gasteiger partial charge in [-0.25, -0.2) is 0 Å². The fourth-order valence-corrected chi connectivity index (χ4v) is 3.67. The fourth-order valence-electron chi connectivity index (χ4n) is 3.67. The topological polar surface area (TPSA) is 26.0 Å². The maximum Gasteiger partial charge on any atom is 0.0104 e. The van der Waals surface area contributed by atoms with Crippen molar-refractivity contribution in [2.24, 2.45) is 28.9 Å². The van der Waals surface area contributed by atoms with Gasteiger partial charge in [0.1, 0.15) is 0 Å². The lowest BCUT2D eigenvalue weighted by Crippen LogP contribution is -2.23. The monoisotopic (exact) mass is 123 g/mol. The van der Waals surface area contributed by atoms with Gasteiger partial charge in [0.15, 0.2) is 0 Å². The van der Waals surface area contributed by atoms with Crippen molar-refractivity contribution in [3.8, 4) is 0 Å². The molecule has 0 radical (unpaired) electrons. The van der Waals surface area contributed by atoms with Crippen LogP contribution in [0.5, 0.6) is 0 Å². The zero-order chi connectivity index (χ0) is 6.22. The molecule has 4 bridgehead atoms. The SMILES string of the molecule is CC12CC3CC1C2C3N. The van der Waals surface area contributed by atoms with Crippen LogP contribution in [0.1, 0.15) is 19.8 Å². The van der Waals surface area contributed by atoms with E-state index < -0.39 is 0 Å². The number of nitrogens with two attached hydrogens (primary N) is 1. The summed E-state index contributed by atoms with van der Waals surface area (Å²) in [6.07, 6.45) is 2.91. The van der Waals surface area contributed by atoms with Gasteiger partial charge in [0.2, 0.25) is 0 Å². The lowest BCUT2D eigenvalue weighted by atomic mass is 10.1. The Hall–Kier alpha value is -0.0400. The van der Waals surface area contributed by atoms with Gasteiger partial charge in [-0.2, -0.15) is 0 Å². The molecule has 4 aliphatic rings. The van der Waals surface area contributed by atoms with Crippen LogP contribution in [-0.4, -0.2) is 6.04 Å². The molecule has 4 aliphatic carbocycles. The summed E-state index contributed by atoms with van der Waals surface area (Å²) in [4.78, 5) is 0. The first-order valence-electron chi connectivity index (χ1n) is 3.99. The predicted octanol–water partition coefficient (Wildman–Crippen LogP) is 0.990. The van der Waals surface area contributed by atoms with Crippen LogP contribution in [-0.2, 0) is 0 Å². The van der Waals surface area contributed by atoms with Crippen molar-refractivity contribution in [2.45, 2.75) is 25.8 Å². The zero-order valence-electron chi connectivity index (χ0n) is 5.80. The third-order valence-electron chi connectivity index (χ3n) is 4.15. The van der Waals surface area contributed by atoms with Gasteiger partial charge in [-0.15, -0.1) is 0 Å². The first kappa shape index (κ1) is 4.73. The fraction of sp³-hybridized carbons (Fsp3) is 1.00. The van der Waals surface area contributed by atoms with Crippen LogP contribution < -0.4 is 5.73 Å². The average Bonchev–Trinajstić information content (AvgIpc) is 2.21. The lowest BCUT2D eigenvalue weighted by Gasteiger charge is -2.04. The minimum atomic E-state index is 0.597. The Bertz CT molecular complexity index is 175. The molecule has 50 valence electrons. The minimum Gasteiger partial charge on any atom is -0.327 e. The van der Waals surface area contributed by atoms with Crippen molar-refractivity contribution >= 4 is 0 Å². The molecule has 9 heavy (non-hydrogen) atoms. The van der Waals surface area contributed by atoms with E-state index in [1.807, 2.05) is 0 Å². The molecule has 0 aromatic rings. The van der Waals surface area contributed by atoms with Gasteiger partial charge in [0.05, 0.1) is 0 Å². The summed E-state index contributed by atoms with van der Waals surface area (Å²) in [5.41, 5.74) is 6.73. The second-order valence-corrected chi connectivity index (χ2v) is 4.42. The molecule has 1 nitrogen and oxygen atoms in total. The van der Waals surface area contributed by atoms with Crippen LogP contribution in [0.15, 0.2) is 0 Å². The van der Waals surface area contributed by atoms with Gasteiger partial charge in [-0.05, 0) is 36.0 Å². The standard InChI is InChI=1S/C8H13N/c1-8-3-4-2-5(8)6(8)7(4)9/h4-7H,2-3,9H2,1H3. The molecule has 1 heteroatoms. The molecular weight excluding hydrogens is 110 g/mol. The Kier molecular flexibility index (Phi) is 0.508. The van der Waals surface area contributed by atoms with Gasteiger partial charge in [-0.1, -0.05) is 6.92 Å². The van der Waals surface area contributed by atoms with Crippen molar-refractivity contribution in [1.82, 2.24) is 0 Å². The molecule has 5 unspecified atom stereocenters. The Morgan fingerprint density at radius 2 is 2.33 bits per heavy atom. The second kappa shape index (κ2) is 0.968. The molecular formula is C8H13N. The normalized spacial score (nSPS) is 75.3. The van der Waals surface area contributed by atoms with E-state index in [1.54, 1.807) is 0 Å². The maximum atomic E-state index is 5.99. The summed E-state index contributed by atoms with van der Waals surface area (Å²) in [7, 11) is 0. The van der Waals surface area contributed by atoms with Crippen molar-refractivity contribution < 1.29 is 0 Å². The first-order chi connectivity index (χ1) is 4.23. The highest BCUT2D eigenvalue weighted by Gasteiger charge is 2.75. The van der Waals surface area contributed by atoms with E-state index >= 15 is 0 Å². The van der Waals surface area contributed by atoms with Crippen LogP contribution >= 0.6 is 0 Å². The lowest BCUT2D eigenvalue weighted by molar-refractivity contribution is 0.519. The van der Waals surface area contributed by atoms with Crippen molar-refractivity contribution in [3.05, 3.63) is 0 Å². The van der Waals surface area contributed by atoms with Crippen LogP contribution in [0.4, 0.5) is 0 Å². The molecule has 0 aliphatic heterocycles. The summed E-state index contributed by atoms with van der Waals surface area (Å²) < 4.78 is 0. The highest BCUT2D eigenvalue weighted by Crippen LogP contribution is 2.78. The summed E-state index contributed by atoms with van der Waals surface area (Å²) in [5.74, 6) is 2.92. The molecule has 5 atom stereocenters. The largest absolute Gasteiger partial charge is 0.327 e. The van der Waals surface area contributed by atoms with E-state index in [1.165, 1.54) is 12.8 Å².